The minimum Gasteiger partial charge on any atom is -0.398 e. The number of sulfonamides is 1. The smallest absolute Gasteiger partial charge is 0.245 e. The van der Waals surface area contributed by atoms with E-state index in [1.807, 2.05) is 0 Å². The molecule has 1 amide bonds. The molecule has 0 atom stereocenters. The van der Waals surface area contributed by atoms with Gasteiger partial charge in [-0.3, -0.25) is 4.79 Å². The Morgan fingerprint density at radius 2 is 2.00 bits per heavy atom. The Hall–Kier alpha value is -1.31. The number of nitrogens with two attached hydrogens (primary N) is 1. The molecule has 1 aliphatic rings. The van der Waals surface area contributed by atoms with E-state index in [9.17, 15) is 13.2 Å². The number of rotatable bonds is 4. The maximum absolute atomic E-state index is 12.5. The van der Waals surface area contributed by atoms with Crippen molar-refractivity contribution in [1.82, 2.24) is 9.21 Å². The van der Waals surface area contributed by atoms with Crippen LogP contribution in [-0.4, -0.2) is 50.2 Å². The number of nitrogens with zero attached hydrogens (tertiary/aromatic N) is 2. The van der Waals surface area contributed by atoms with Crippen molar-refractivity contribution in [1.29, 1.82) is 0 Å². The van der Waals surface area contributed by atoms with E-state index in [2.05, 4.69) is 0 Å². The lowest BCUT2D eigenvalue weighted by Crippen LogP contribution is -2.40. The Morgan fingerprint density at radius 3 is 2.62 bits per heavy atom. The van der Waals surface area contributed by atoms with Gasteiger partial charge in [-0.15, -0.1) is 0 Å². The van der Waals surface area contributed by atoms with Gasteiger partial charge in [-0.1, -0.05) is 11.6 Å². The van der Waals surface area contributed by atoms with Crippen LogP contribution in [0.4, 0.5) is 5.69 Å². The molecule has 1 saturated heterocycles. The van der Waals surface area contributed by atoms with Crippen LogP contribution >= 0.6 is 11.6 Å². The predicted octanol–water partition coefficient (Wildman–Crippen LogP) is 1.17. The third-order valence-electron chi connectivity index (χ3n) is 3.48. The predicted molar refractivity (Wildman–Crippen MR) is 81.5 cm³/mol. The first kappa shape index (κ1) is 16.1. The van der Waals surface area contributed by atoms with Crippen LogP contribution in [0.2, 0.25) is 5.02 Å². The van der Waals surface area contributed by atoms with Crippen molar-refractivity contribution in [3.63, 3.8) is 0 Å². The Kier molecular flexibility index (Phi) is 4.75. The van der Waals surface area contributed by atoms with Gasteiger partial charge in [0.2, 0.25) is 15.9 Å². The molecular formula is C13H18ClN3O3S. The molecular weight excluding hydrogens is 314 g/mol. The van der Waals surface area contributed by atoms with Crippen molar-refractivity contribution < 1.29 is 13.2 Å². The summed E-state index contributed by atoms with van der Waals surface area (Å²) in [5.41, 5.74) is 5.82. The van der Waals surface area contributed by atoms with Gasteiger partial charge in [-0.25, -0.2) is 8.42 Å². The zero-order valence-corrected chi connectivity index (χ0v) is 13.3. The summed E-state index contributed by atoms with van der Waals surface area (Å²) < 4.78 is 26.0. The summed E-state index contributed by atoms with van der Waals surface area (Å²) in [6.07, 6.45) is 1.92. The van der Waals surface area contributed by atoms with E-state index in [0.29, 0.717) is 13.1 Å². The zero-order chi connectivity index (χ0) is 15.6. The Morgan fingerprint density at radius 1 is 1.38 bits per heavy atom. The van der Waals surface area contributed by atoms with E-state index in [1.54, 1.807) is 4.90 Å². The summed E-state index contributed by atoms with van der Waals surface area (Å²) in [4.78, 5) is 13.6. The summed E-state index contributed by atoms with van der Waals surface area (Å²) >= 11 is 5.82. The van der Waals surface area contributed by atoms with Gasteiger partial charge in [0, 0.05) is 25.2 Å². The number of likely N-dealkylation sites (N-methyl/N-ethyl adjacent to an activating group) is 1. The topological polar surface area (TPSA) is 83.7 Å². The minimum absolute atomic E-state index is 0.0771. The maximum atomic E-state index is 12.5. The molecule has 21 heavy (non-hydrogen) atoms. The van der Waals surface area contributed by atoms with Crippen LogP contribution in [0.3, 0.4) is 0 Å². The van der Waals surface area contributed by atoms with Crippen LogP contribution in [0.25, 0.3) is 0 Å². The van der Waals surface area contributed by atoms with Gasteiger partial charge in [0.1, 0.15) is 4.90 Å². The molecule has 0 bridgehead atoms. The Labute approximate surface area is 129 Å². The Bertz CT molecular complexity index is 642. The molecule has 0 aliphatic carbocycles. The summed E-state index contributed by atoms with van der Waals surface area (Å²) in [6, 6.07) is 4.25. The molecule has 0 spiro atoms. The molecule has 6 nitrogen and oxygen atoms in total. The number of anilines is 1. The van der Waals surface area contributed by atoms with E-state index in [-0.39, 0.29) is 28.1 Å². The molecule has 0 unspecified atom stereocenters. The van der Waals surface area contributed by atoms with Gasteiger partial charge in [0.25, 0.3) is 0 Å². The molecule has 1 aliphatic heterocycles. The van der Waals surface area contributed by atoms with Gasteiger partial charge in [0.05, 0.1) is 12.2 Å². The standard InChI is InChI=1S/C13H18ClN3O3S/c1-16(9-13(18)17-6-2-3-7-17)21(19,20)12-8-10(14)4-5-11(12)15/h4-5,8H,2-3,6-7,9,15H2,1H3. The number of likely N-dealkylation sites (tertiary alicyclic amines) is 1. The third-order valence-corrected chi connectivity index (χ3v) is 5.57. The molecule has 1 heterocycles. The highest BCUT2D eigenvalue weighted by Crippen LogP contribution is 2.25. The second-order valence-corrected chi connectivity index (χ2v) is 7.48. The first-order valence-corrected chi connectivity index (χ1v) is 8.43. The number of amides is 1. The third kappa shape index (κ3) is 3.48. The van der Waals surface area contributed by atoms with Crippen LogP contribution in [-0.2, 0) is 14.8 Å². The molecule has 0 aromatic heterocycles. The van der Waals surface area contributed by atoms with Gasteiger partial charge in [0.15, 0.2) is 0 Å². The van der Waals surface area contributed by atoms with E-state index < -0.39 is 10.0 Å². The highest BCUT2D eigenvalue weighted by atomic mass is 35.5. The van der Waals surface area contributed by atoms with Gasteiger partial charge >= 0.3 is 0 Å². The number of hydrogen-bond acceptors (Lipinski definition) is 4. The molecule has 0 radical (unpaired) electrons. The Balaban J connectivity index is 2.18. The molecule has 8 heteroatoms. The van der Waals surface area contributed by atoms with E-state index in [0.717, 1.165) is 17.1 Å². The lowest BCUT2D eigenvalue weighted by Gasteiger charge is -2.21. The fourth-order valence-corrected chi connectivity index (χ4v) is 3.74. The second-order valence-electron chi connectivity index (χ2n) is 5.03. The number of nitrogen functional groups attached to an aromatic ring is 1. The summed E-state index contributed by atoms with van der Waals surface area (Å²) in [7, 11) is -2.48. The SMILES string of the molecule is CN(CC(=O)N1CCCC1)S(=O)(=O)c1cc(Cl)ccc1N. The van der Waals surface area contributed by atoms with Crippen molar-refractivity contribution in [3.8, 4) is 0 Å². The highest BCUT2D eigenvalue weighted by molar-refractivity contribution is 7.89. The number of benzene rings is 1. The van der Waals surface area contributed by atoms with Crippen LogP contribution < -0.4 is 5.73 Å². The first-order chi connectivity index (χ1) is 9.82. The zero-order valence-electron chi connectivity index (χ0n) is 11.8. The lowest BCUT2D eigenvalue weighted by molar-refractivity contribution is -0.130. The van der Waals surface area contributed by atoms with Crippen LogP contribution in [0.5, 0.6) is 0 Å². The number of carbonyl (C=O) groups excluding carboxylic acids is 1. The second kappa shape index (κ2) is 6.21. The largest absolute Gasteiger partial charge is 0.398 e. The van der Waals surface area contributed by atoms with E-state index in [4.69, 9.17) is 17.3 Å². The fraction of sp³-hybridized carbons (Fsp3) is 0.462. The minimum atomic E-state index is -3.84. The molecule has 1 aromatic carbocycles. The molecule has 0 saturated carbocycles. The number of hydrogen-bond donors (Lipinski definition) is 1. The molecule has 116 valence electrons. The van der Waals surface area contributed by atoms with Crippen molar-refractivity contribution in [2.45, 2.75) is 17.7 Å². The van der Waals surface area contributed by atoms with Gasteiger partial charge in [-0.05, 0) is 31.0 Å². The summed E-state index contributed by atoms with van der Waals surface area (Å²) in [5, 5.41) is 0.280. The van der Waals surface area contributed by atoms with Gasteiger partial charge < -0.3 is 10.6 Å². The van der Waals surface area contributed by atoms with Crippen molar-refractivity contribution >= 4 is 33.2 Å². The van der Waals surface area contributed by atoms with Crippen molar-refractivity contribution in [2.24, 2.45) is 0 Å². The van der Waals surface area contributed by atoms with E-state index in [1.165, 1.54) is 25.2 Å². The summed E-state index contributed by atoms with van der Waals surface area (Å²) in [6.45, 7) is 1.17. The highest BCUT2D eigenvalue weighted by Gasteiger charge is 2.28. The monoisotopic (exact) mass is 331 g/mol. The average molecular weight is 332 g/mol. The molecule has 2 N–H and O–H groups in total. The van der Waals surface area contributed by atoms with E-state index >= 15 is 0 Å². The first-order valence-electron chi connectivity index (χ1n) is 6.61. The maximum Gasteiger partial charge on any atom is 0.245 e. The van der Waals surface area contributed by atoms with Crippen LogP contribution in [0.15, 0.2) is 23.1 Å². The van der Waals surface area contributed by atoms with Gasteiger partial charge in [-0.2, -0.15) is 4.31 Å². The van der Waals surface area contributed by atoms with Crippen molar-refractivity contribution in [3.05, 3.63) is 23.2 Å². The normalized spacial score (nSPS) is 15.7. The van der Waals surface area contributed by atoms with Crippen LogP contribution in [0.1, 0.15) is 12.8 Å². The van der Waals surface area contributed by atoms with Crippen molar-refractivity contribution in [2.75, 3.05) is 32.4 Å². The molecule has 2 rings (SSSR count). The fourth-order valence-electron chi connectivity index (χ4n) is 2.24. The quantitative estimate of drug-likeness (QED) is 0.839. The summed E-state index contributed by atoms with van der Waals surface area (Å²) in [5.74, 6) is -0.195. The number of carbonyl (C=O) groups is 1. The lowest BCUT2D eigenvalue weighted by atomic mass is 10.3. The average Bonchev–Trinajstić information content (AvgIpc) is 2.95. The van der Waals surface area contributed by atoms with Crippen LogP contribution in [0, 0.1) is 0 Å². The molecule has 1 fully saturated rings. The molecule has 1 aromatic rings. The number of halogens is 1.